The summed E-state index contributed by atoms with van der Waals surface area (Å²) in [4.78, 5) is 22.8. The summed E-state index contributed by atoms with van der Waals surface area (Å²) < 4.78 is 12.1. The molecule has 192 valence electrons. The van der Waals surface area contributed by atoms with Crippen molar-refractivity contribution in [3.8, 4) is 28.3 Å². The van der Waals surface area contributed by atoms with Gasteiger partial charge < -0.3 is 29.8 Å². The Labute approximate surface area is 215 Å². The number of nitrogens with zero attached hydrogens (tertiary/aromatic N) is 3. The molecule has 0 unspecified atom stereocenters. The molecule has 0 atom stereocenters. The summed E-state index contributed by atoms with van der Waals surface area (Å²) in [5.41, 5.74) is 3.52. The Bertz CT molecular complexity index is 1400. The number of anilines is 1. The van der Waals surface area contributed by atoms with E-state index in [4.69, 9.17) is 9.15 Å². The monoisotopic (exact) mass is 501 g/mol. The molecule has 1 saturated carbocycles. The van der Waals surface area contributed by atoms with E-state index in [2.05, 4.69) is 25.5 Å². The van der Waals surface area contributed by atoms with Crippen molar-refractivity contribution in [2.75, 3.05) is 39.6 Å². The number of methoxy groups -OCH3 is 1. The van der Waals surface area contributed by atoms with Crippen LogP contribution in [0.25, 0.3) is 33.6 Å². The van der Waals surface area contributed by atoms with Crippen LogP contribution in [0.1, 0.15) is 24.8 Å². The lowest BCUT2D eigenvalue weighted by Crippen LogP contribution is -2.50. The van der Waals surface area contributed by atoms with Gasteiger partial charge in [0.05, 0.1) is 12.6 Å². The number of benzene rings is 2. The van der Waals surface area contributed by atoms with E-state index in [1.54, 1.807) is 7.11 Å². The first-order chi connectivity index (χ1) is 17.9. The van der Waals surface area contributed by atoms with Gasteiger partial charge in [-0.25, -0.2) is 4.79 Å². The molecule has 1 aliphatic carbocycles. The Morgan fingerprint density at radius 1 is 1.08 bits per heavy atom. The van der Waals surface area contributed by atoms with Crippen LogP contribution in [0.5, 0.6) is 5.88 Å². The van der Waals surface area contributed by atoms with Crippen LogP contribution in [0.3, 0.4) is 0 Å². The van der Waals surface area contributed by atoms with Crippen molar-refractivity contribution in [1.29, 1.82) is 0 Å². The number of amides is 1. The fourth-order valence-electron chi connectivity index (χ4n) is 4.83. The van der Waals surface area contributed by atoms with Crippen LogP contribution in [0, 0.1) is 0 Å². The molecule has 2 aromatic heterocycles. The van der Waals surface area contributed by atoms with Crippen LogP contribution < -0.4 is 15.4 Å². The molecule has 37 heavy (non-hydrogen) atoms. The van der Waals surface area contributed by atoms with Gasteiger partial charge in [0.25, 0.3) is 0 Å². The summed E-state index contributed by atoms with van der Waals surface area (Å²) in [6, 6.07) is 17.8. The maximum absolute atomic E-state index is 11.4. The van der Waals surface area contributed by atoms with E-state index in [9.17, 15) is 9.90 Å². The molecule has 1 fully saturated rings. The quantitative estimate of drug-likeness (QED) is 0.287. The van der Waals surface area contributed by atoms with Crippen molar-refractivity contribution < 1.29 is 19.1 Å². The number of nitrogens with one attached hydrogen (secondary N) is 2. The number of carboxylic acid groups (broad SMARTS) is 1. The van der Waals surface area contributed by atoms with Gasteiger partial charge in [0.1, 0.15) is 11.1 Å². The largest absolute Gasteiger partial charge is 0.480 e. The van der Waals surface area contributed by atoms with Gasteiger partial charge in [-0.2, -0.15) is 9.97 Å². The van der Waals surface area contributed by atoms with Crippen LogP contribution in [0.4, 0.5) is 10.7 Å². The molecule has 9 heteroatoms. The van der Waals surface area contributed by atoms with Crippen molar-refractivity contribution in [1.82, 2.24) is 20.2 Å². The van der Waals surface area contributed by atoms with E-state index in [1.807, 2.05) is 68.7 Å². The topological polar surface area (TPSA) is 113 Å². The molecule has 3 N–H and O–H groups in total. The molecule has 0 spiro atoms. The third-order valence-electron chi connectivity index (χ3n) is 6.87. The normalized spacial score (nSPS) is 14.4. The second kappa shape index (κ2) is 10.1. The van der Waals surface area contributed by atoms with E-state index in [-0.39, 0.29) is 0 Å². The first-order valence-corrected chi connectivity index (χ1v) is 12.3. The van der Waals surface area contributed by atoms with E-state index >= 15 is 0 Å². The zero-order valence-electron chi connectivity index (χ0n) is 21.2. The van der Waals surface area contributed by atoms with Crippen molar-refractivity contribution >= 4 is 23.1 Å². The van der Waals surface area contributed by atoms with Crippen molar-refractivity contribution in [3.05, 3.63) is 60.2 Å². The summed E-state index contributed by atoms with van der Waals surface area (Å²) in [5, 5.41) is 16.0. The van der Waals surface area contributed by atoms with Gasteiger partial charge >= 0.3 is 6.09 Å². The minimum absolute atomic E-state index is 0.431. The minimum Gasteiger partial charge on any atom is -0.480 e. The molecule has 9 nitrogen and oxygen atoms in total. The SMILES string of the molecule is COc1nc(NCCN(C)C)nc2oc(-c3ccc(C4(NC(=O)O)CCC4)cc3)c(-c3ccccc3)c12. The highest BCUT2D eigenvalue weighted by Crippen LogP contribution is 2.45. The Morgan fingerprint density at radius 3 is 2.41 bits per heavy atom. The number of likely N-dealkylation sites (N-methyl/N-ethyl adjacent to an activating group) is 1. The summed E-state index contributed by atoms with van der Waals surface area (Å²) in [6.07, 6.45) is 1.56. The van der Waals surface area contributed by atoms with Crippen LogP contribution in [0.15, 0.2) is 59.0 Å². The number of fused-ring (bicyclic) bond motifs is 1. The summed E-state index contributed by atoms with van der Waals surface area (Å²) >= 11 is 0. The number of rotatable bonds is 9. The molecular formula is C28H31N5O4. The molecule has 0 radical (unpaired) electrons. The molecule has 5 rings (SSSR count). The summed E-state index contributed by atoms with van der Waals surface area (Å²) in [5.74, 6) is 1.52. The Morgan fingerprint density at radius 2 is 1.81 bits per heavy atom. The predicted octanol–water partition coefficient (Wildman–Crippen LogP) is 5.19. The number of aromatic nitrogens is 2. The number of hydrogen-bond acceptors (Lipinski definition) is 7. The zero-order valence-corrected chi connectivity index (χ0v) is 21.2. The lowest BCUT2D eigenvalue weighted by molar-refractivity contribution is 0.144. The van der Waals surface area contributed by atoms with E-state index in [0.717, 1.165) is 48.1 Å². The van der Waals surface area contributed by atoms with Gasteiger partial charge in [0.15, 0.2) is 0 Å². The van der Waals surface area contributed by atoms with E-state index in [1.165, 1.54) is 0 Å². The number of ether oxygens (including phenoxy) is 1. The Balaban J connectivity index is 1.60. The molecule has 0 bridgehead atoms. The lowest BCUT2D eigenvalue weighted by Gasteiger charge is -2.42. The number of carbonyl (C=O) groups is 1. The van der Waals surface area contributed by atoms with Gasteiger partial charge in [0.2, 0.25) is 17.5 Å². The minimum atomic E-state index is -1.01. The molecule has 4 aromatic rings. The van der Waals surface area contributed by atoms with Crippen molar-refractivity contribution in [3.63, 3.8) is 0 Å². The average molecular weight is 502 g/mol. The third-order valence-corrected chi connectivity index (χ3v) is 6.87. The first-order valence-electron chi connectivity index (χ1n) is 12.3. The van der Waals surface area contributed by atoms with Gasteiger partial charge in [-0.05, 0) is 44.5 Å². The standard InChI is InChI=1S/C28H31N5O4/c1-33(2)17-16-29-26-30-24(36-3)22-21(18-8-5-4-6-9-18)23(37-25(22)31-26)19-10-12-20(13-11-19)28(14-7-15-28)32-27(34)35/h4-6,8-13,32H,7,14-17H2,1-3H3,(H,34,35)(H,29,30,31). The fraction of sp³-hybridized carbons (Fsp3) is 0.321. The molecular weight excluding hydrogens is 470 g/mol. The average Bonchev–Trinajstić information content (AvgIpc) is 3.25. The highest BCUT2D eigenvalue weighted by atomic mass is 16.5. The smallest absolute Gasteiger partial charge is 0.405 e. The second-order valence-corrected chi connectivity index (χ2v) is 9.58. The van der Waals surface area contributed by atoms with Crippen molar-refractivity contribution in [2.45, 2.75) is 24.8 Å². The third kappa shape index (κ3) is 4.82. The number of furan rings is 1. The second-order valence-electron chi connectivity index (χ2n) is 9.58. The van der Waals surface area contributed by atoms with Crippen LogP contribution in [-0.2, 0) is 5.54 Å². The van der Waals surface area contributed by atoms with E-state index < -0.39 is 11.6 Å². The van der Waals surface area contributed by atoms with Crippen molar-refractivity contribution in [2.24, 2.45) is 0 Å². The fourth-order valence-corrected chi connectivity index (χ4v) is 4.83. The van der Waals surface area contributed by atoms with Gasteiger partial charge in [0, 0.05) is 24.2 Å². The van der Waals surface area contributed by atoms with Crippen LogP contribution in [0.2, 0.25) is 0 Å². The van der Waals surface area contributed by atoms with Gasteiger partial charge in [-0.3, -0.25) is 0 Å². The Kier molecular flexibility index (Phi) is 6.71. The number of hydrogen-bond donors (Lipinski definition) is 3. The van der Waals surface area contributed by atoms with Crippen LogP contribution in [-0.4, -0.2) is 60.4 Å². The zero-order chi connectivity index (χ0) is 26.0. The summed E-state index contributed by atoms with van der Waals surface area (Å²) in [7, 11) is 5.61. The Hall–Kier alpha value is -4.11. The maximum atomic E-state index is 11.4. The van der Waals surface area contributed by atoms with E-state index in [0.29, 0.717) is 35.2 Å². The van der Waals surface area contributed by atoms with Gasteiger partial charge in [-0.1, -0.05) is 54.6 Å². The highest BCUT2D eigenvalue weighted by Gasteiger charge is 2.40. The molecule has 1 amide bonds. The van der Waals surface area contributed by atoms with Gasteiger partial charge in [-0.15, -0.1) is 0 Å². The molecule has 0 saturated heterocycles. The summed E-state index contributed by atoms with van der Waals surface area (Å²) in [6.45, 7) is 1.50. The lowest BCUT2D eigenvalue weighted by atomic mass is 9.72. The first kappa shape index (κ1) is 24.6. The molecule has 2 aromatic carbocycles. The maximum Gasteiger partial charge on any atom is 0.405 e. The molecule has 2 heterocycles. The van der Waals surface area contributed by atoms with Crippen LogP contribution >= 0.6 is 0 Å². The molecule has 1 aliphatic rings. The highest BCUT2D eigenvalue weighted by molar-refractivity contribution is 6.03. The predicted molar refractivity (Wildman–Crippen MR) is 143 cm³/mol. The molecule has 0 aliphatic heterocycles.